The lowest BCUT2D eigenvalue weighted by Crippen LogP contribution is -2.29. The molecule has 1 fully saturated rings. The molecule has 190 valence electrons. The van der Waals surface area contributed by atoms with Crippen LogP contribution < -0.4 is 4.74 Å². The van der Waals surface area contributed by atoms with Gasteiger partial charge in [-0.25, -0.2) is 4.39 Å². The first kappa shape index (κ1) is 24.8. The van der Waals surface area contributed by atoms with E-state index in [1.807, 2.05) is 30.3 Å². The van der Waals surface area contributed by atoms with E-state index >= 15 is 4.39 Å². The van der Waals surface area contributed by atoms with Crippen molar-refractivity contribution >= 4 is 0 Å². The molecule has 5 rings (SSSR count). The molecule has 1 aliphatic heterocycles. The minimum Gasteiger partial charge on any atom is -0.508 e. The van der Waals surface area contributed by atoms with Crippen molar-refractivity contribution in [1.29, 1.82) is 0 Å². The van der Waals surface area contributed by atoms with Crippen molar-refractivity contribution in [2.45, 2.75) is 50.2 Å². The van der Waals surface area contributed by atoms with Crippen LogP contribution in [0.5, 0.6) is 11.5 Å². The van der Waals surface area contributed by atoms with Gasteiger partial charge in [0.05, 0.1) is 6.61 Å². The van der Waals surface area contributed by atoms with Gasteiger partial charge in [0.2, 0.25) is 0 Å². The number of phenolic OH excluding ortho intramolecular Hbond substituents is 1. The Morgan fingerprint density at radius 2 is 1.67 bits per heavy atom. The molecular formula is C31H35FO4. The summed E-state index contributed by atoms with van der Waals surface area (Å²) in [4.78, 5) is 0. The molecule has 1 heterocycles. The number of methoxy groups -OCH3 is 2. The average Bonchev–Trinajstić information content (AvgIpc) is 2.91. The Morgan fingerprint density at radius 1 is 0.917 bits per heavy atom. The van der Waals surface area contributed by atoms with Crippen molar-refractivity contribution in [2.75, 3.05) is 20.8 Å². The normalized spacial score (nSPS) is 23.8. The monoisotopic (exact) mass is 490 g/mol. The van der Waals surface area contributed by atoms with Gasteiger partial charge >= 0.3 is 0 Å². The van der Waals surface area contributed by atoms with Gasteiger partial charge in [0, 0.05) is 43.6 Å². The number of ether oxygens (including phenoxy) is 3. The zero-order chi connectivity index (χ0) is 25.1. The molecule has 0 bridgehead atoms. The lowest BCUT2D eigenvalue weighted by atomic mass is 9.75. The van der Waals surface area contributed by atoms with Crippen molar-refractivity contribution in [3.05, 3.63) is 94.8 Å². The van der Waals surface area contributed by atoms with Crippen LogP contribution in [0.4, 0.5) is 4.39 Å². The summed E-state index contributed by atoms with van der Waals surface area (Å²) in [5.74, 6) is 1.57. The fourth-order valence-electron chi connectivity index (χ4n) is 6.18. The van der Waals surface area contributed by atoms with Crippen LogP contribution in [0.3, 0.4) is 0 Å². The SMILES string of the molecule is COC(OC)C1CCC(Cc2ccc([C@@H]3c4ccc(O)cc4OC[C@@H]3c3ccccc3)cc2F)CC1. The number of benzene rings is 3. The second kappa shape index (κ2) is 11.0. The summed E-state index contributed by atoms with van der Waals surface area (Å²) in [5, 5.41) is 9.99. The summed E-state index contributed by atoms with van der Waals surface area (Å²) in [7, 11) is 3.39. The van der Waals surface area contributed by atoms with Crippen LogP contribution in [-0.2, 0) is 15.9 Å². The van der Waals surface area contributed by atoms with Gasteiger partial charge in [0.15, 0.2) is 6.29 Å². The number of phenols is 1. The van der Waals surface area contributed by atoms with Gasteiger partial charge in [-0.2, -0.15) is 0 Å². The molecule has 0 spiro atoms. The summed E-state index contributed by atoms with van der Waals surface area (Å²) < 4.78 is 32.5. The van der Waals surface area contributed by atoms with Crippen LogP contribution in [0, 0.1) is 17.7 Å². The molecule has 0 radical (unpaired) electrons. The molecule has 4 nitrogen and oxygen atoms in total. The number of halogens is 1. The van der Waals surface area contributed by atoms with Crippen LogP contribution >= 0.6 is 0 Å². The van der Waals surface area contributed by atoms with E-state index < -0.39 is 0 Å². The number of hydrogen-bond donors (Lipinski definition) is 1. The first-order valence-corrected chi connectivity index (χ1v) is 12.9. The number of rotatable bonds is 7. The Balaban J connectivity index is 1.38. The highest BCUT2D eigenvalue weighted by Crippen LogP contribution is 2.47. The van der Waals surface area contributed by atoms with Gasteiger partial charge in [-0.05, 0) is 66.8 Å². The molecule has 36 heavy (non-hydrogen) atoms. The van der Waals surface area contributed by atoms with Gasteiger partial charge in [0.25, 0.3) is 0 Å². The predicted octanol–water partition coefficient (Wildman–Crippen LogP) is 6.81. The Morgan fingerprint density at radius 3 is 2.36 bits per heavy atom. The highest BCUT2D eigenvalue weighted by molar-refractivity contribution is 5.50. The molecule has 0 saturated heterocycles. The maximum Gasteiger partial charge on any atom is 0.159 e. The van der Waals surface area contributed by atoms with Crippen molar-refractivity contribution in [3.63, 3.8) is 0 Å². The van der Waals surface area contributed by atoms with Crippen LogP contribution in [0.15, 0.2) is 66.7 Å². The quantitative estimate of drug-likeness (QED) is 0.370. The number of aromatic hydroxyl groups is 1. The molecule has 1 aliphatic carbocycles. The van der Waals surface area contributed by atoms with Gasteiger partial charge in [-0.15, -0.1) is 0 Å². The van der Waals surface area contributed by atoms with Crippen molar-refractivity contribution in [1.82, 2.24) is 0 Å². The molecule has 2 atom stereocenters. The summed E-state index contributed by atoms with van der Waals surface area (Å²) in [6.45, 7) is 0.474. The molecule has 1 saturated carbocycles. The topological polar surface area (TPSA) is 47.9 Å². The molecule has 5 heteroatoms. The minimum atomic E-state index is -0.149. The molecule has 3 aromatic rings. The molecule has 0 unspecified atom stereocenters. The lowest BCUT2D eigenvalue weighted by molar-refractivity contribution is -0.145. The third-order valence-corrected chi connectivity index (χ3v) is 8.07. The highest BCUT2D eigenvalue weighted by atomic mass is 19.1. The van der Waals surface area contributed by atoms with Crippen LogP contribution in [0.2, 0.25) is 0 Å². The summed E-state index contributed by atoms with van der Waals surface area (Å²) in [5.41, 5.74) is 3.86. The first-order chi connectivity index (χ1) is 17.6. The number of hydrogen-bond acceptors (Lipinski definition) is 4. The van der Waals surface area contributed by atoms with Crippen molar-refractivity contribution in [2.24, 2.45) is 11.8 Å². The standard InChI is InChI=1S/C31H35FO4/c1-34-31(35-2)22-10-8-20(9-11-22)16-23-12-13-24(17-28(23)32)30-26-15-14-25(33)18-29(26)36-19-27(30)21-6-4-3-5-7-21/h3-7,12-15,17-18,20,22,27,30-31,33H,8-11,16,19H2,1-2H3/t20?,22?,27-,30-/m1/s1. The second-order valence-electron chi connectivity index (χ2n) is 10.2. The van der Waals surface area contributed by atoms with E-state index in [2.05, 4.69) is 18.2 Å². The molecule has 0 aromatic heterocycles. The van der Waals surface area contributed by atoms with E-state index in [0.717, 1.165) is 54.4 Å². The Kier molecular flexibility index (Phi) is 7.59. The van der Waals surface area contributed by atoms with E-state index in [9.17, 15) is 5.11 Å². The van der Waals surface area contributed by atoms with E-state index in [1.165, 1.54) is 0 Å². The third kappa shape index (κ3) is 5.14. The maximum absolute atomic E-state index is 15.5. The third-order valence-electron chi connectivity index (χ3n) is 8.07. The predicted molar refractivity (Wildman–Crippen MR) is 138 cm³/mol. The second-order valence-corrected chi connectivity index (χ2v) is 10.2. The molecule has 0 amide bonds. The molecule has 2 aliphatic rings. The fraction of sp³-hybridized carbons (Fsp3) is 0.419. The Labute approximate surface area is 213 Å². The largest absolute Gasteiger partial charge is 0.508 e. The molecular weight excluding hydrogens is 455 g/mol. The van der Waals surface area contributed by atoms with E-state index in [0.29, 0.717) is 24.2 Å². The van der Waals surface area contributed by atoms with Gasteiger partial charge in [-0.3, -0.25) is 0 Å². The molecule has 3 aromatic carbocycles. The molecule has 1 N–H and O–H groups in total. The average molecular weight is 491 g/mol. The summed E-state index contributed by atoms with van der Waals surface area (Å²) in [6, 6.07) is 21.3. The van der Waals surface area contributed by atoms with Crippen molar-refractivity contribution in [3.8, 4) is 11.5 Å². The van der Waals surface area contributed by atoms with Crippen LogP contribution in [0.1, 0.15) is 59.8 Å². The smallest absolute Gasteiger partial charge is 0.159 e. The van der Waals surface area contributed by atoms with Gasteiger partial charge < -0.3 is 19.3 Å². The Bertz CT molecular complexity index is 1150. The highest BCUT2D eigenvalue weighted by Gasteiger charge is 2.34. The van der Waals surface area contributed by atoms with Crippen LogP contribution in [-0.4, -0.2) is 32.2 Å². The van der Waals surface area contributed by atoms with E-state index in [1.54, 1.807) is 32.4 Å². The summed E-state index contributed by atoms with van der Waals surface area (Å²) >= 11 is 0. The summed E-state index contributed by atoms with van der Waals surface area (Å²) in [6.07, 6.45) is 4.81. The zero-order valence-corrected chi connectivity index (χ0v) is 21.0. The lowest BCUT2D eigenvalue weighted by Gasteiger charge is -2.35. The Hall–Kier alpha value is -2.89. The minimum absolute atomic E-state index is 0.0540. The zero-order valence-electron chi connectivity index (χ0n) is 21.0. The van der Waals surface area contributed by atoms with Crippen LogP contribution in [0.25, 0.3) is 0 Å². The van der Waals surface area contributed by atoms with E-state index in [4.69, 9.17) is 14.2 Å². The number of fused-ring (bicyclic) bond motifs is 1. The van der Waals surface area contributed by atoms with E-state index in [-0.39, 0.29) is 29.7 Å². The maximum atomic E-state index is 15.5. The first-order valence-electron chi connectivity index (χ1n) is 12.9. The fourth-order valence-corrected chi connectivity index (χ4v) is 6.18. The van der Waals surface area contributed by atoms with Crippen molar-refractivity contribution < 1.29 is 23.7 Å². The van der Waals surface area contributed by atoms with Gasteiger partial charge in [0.1, 0.15) is 17.3 Å². The van der Waals surface area contributed by atoms with Gasteiger partial charge in [-0.1, -0.05) is 48.5 Å².